The smallest absolute Gasteiger partial charge is 0.343 e. The molecule has 26 heavy (non-hydrogen) atoms. The van der Waals surface area contributed by atoms with Crippen LogP contribution in [-0.2, 0) is 25.6 Å². The summed E-state index contributed by atoms with van der Waals surface area (Å²) >= 11 is 0. The summed E-state index contributed by atoms with van der Waals surface area (Å²) in [5.41, 5.74) is 0.917. The van der Waals surface area contributed by atoms with E-state index in [0.717, 1.165) is 16.3 Å². The van der Waals surface area contributed by atoms with E-state index in [1.54, 1.807) is 12.1 Å². The molecule has 0 atom stereocenters. The molecule has 0 spiro atoms. The number of amides is 1. The van der Waals surface area contributed by atoms with Gasteiger partial charge in [-0.05, 0) is 24.0 Å². The fraction of sp³-hybridized carbons (Fsp3) is 0.333. The van der Waals surface area contributed by atoms with Gasteiger partial charge in [0.25, 0.3) is 16.0 Å². The molecule has 1 aromatic heterocycles. The number of hydrogen-bond acceptors (Lipinski definition) is 7. The first-order chi connectivity index (χ1) is 12.2. The summed E-state index contributed by atoms with van der Waals surface area (Å²) in [6.07, 6.45) is 1.07. The first kappa shape index (κ1) is 19.5. The lowest BCUT2D eigenvalue weighted by molar-refractivity contribution is -0.392. The molecule has 1 aromatic carbocycles. The van der Waals surface area contributed by atoms with Crippen molar-refractivity contribution in [2.24, 2.45) is 0 Å². The van der Waals surface area contributed by atoms with Crippen molar-refractivity contribution < 1.29 is 22.3 Å². The molecule has 1 N–H and O–H groups in total. The largest absolute Gasteiger partial charge is 0.358 e. The molecule has 1 heterocycles. The first-order valence-corrected chi connectivity index (χ1v) is 9.01. The fourth-order valence-electron chi connectivity index (χ4n) is 2.11. The lowest BCUT2D eigenvalue weighted by Crippen LogP contribution is -2.31. The van der Waals surface area contributed by atoms with Crippen molar-refractivity contribution in [1.29, 1.82) is 0 Å². The number of hydrogen-bond donors (Lipinski definition) is 1. The number of aryl methyl sites for hydroxylation is 2. The number of aromatic nitrogens is 2. The van der Waals surface area contributed by atoms with Crippen LogP contribution in [0.25, 0.3) is 0 Å². The Morgan fingerprint density at radius 1 is 1.31 bits per heavy atom. The van der Waals surface area contributed by atoms with E-state index in [0.29, 0.717) is 5.82 Å². The monoisotopic (exact) mass is 382 g/mol. The van der Waals surface area contributed by atoms with Crippen LogP contribution in [0.4, 0.5) is 5.82 Å². The summed E-state index contributed by atoms with van der Waals surface area (Å²) in [5.74, 6) is -0.494. The fourth-order valence-corrected chi connectivity index (χ4v) is 3.02. The third-order valence-corrected chi connectivity index (χ3v) is 4.82. The van der Waals surface area contributed by atoms with Gasteiger partial charge in [0.2, 0.25) is 0 Å². The van der Waals surface area contributed by atoms with Crippen molar-refractivity contribution in [3.8, 4) is 0 Å². The summed E-state index contributed by atoms with van der Waals surface area (Å²) in [4.78, 5) is 25.9. The van der Waals surface area contributed by atoms with E-state index in [-0.39, 0.29) is 30.4 Å². The minimum Gasteiger partial charge on any atom is -0.358 e. The summed E-state index contributed by atoms with van der Waals surface area (Å²) in [5, 5.41) is 13.3. The van der Waals surface area contributed by atoms with Gasteiger partial charge in [-0.1, -0.05) is 17.7 Å². The molecule has 140 valence electrons. The molecule has 0 fully saturated rings. The lowest BCUT2D eigenvalue weighted by atomic mass is 10.2. The molecule has 0 saturated carbocycles. The van der Waals surface area contributed by atoms with Gasteiger partial charge < -0.3 is 15.4 Å². The second-order valence-corrected chi connectivity index (χ2v) is 7.06. The van der Waals surface area contributed by atoms with Crippen LogP contribution in [0.1, 0.15) is 11.4 Å². The highest BCUT2D eigenvalue weighted by atomic mass is 32.2. The molecular weight excluding hydrogens is 364 g/mol. The predicted molar refractivity (Wildman–Crippen MR) is 90.9 cm³/mol. The number of imidazole rings is 1. The van der Waals surface area contributed by atoms with Gasteiger partial charge in [-0.2, -0.15) is 8.42 Å². The zero-order valence-corrected chi connectivity index (χ0v) is 15.0. The second kappa shape index (κ2) is 8.06. The molecule has 0 aliphatic rings. The van der Waals surface area contributed by atoms with Gasteiger partial charge in [0, 0.05) is 13.5 Å². The Morgan fingerprint density at radius 2 is 1.96 bits per heavy atom. The average molecular weight is 382 g/mol. The molecule has 1 amide bonds. The quantitative estimate of drug-likeness (QED) is 0.311. The highest BCUT2D eigenvalue weighted by Gasteiger charge is 2.20. The summed E-state index contributed by atoms with van der Waals surface area (Å²) in [7, 11) is -3.91. The highest BCUT2D eigenvalue weighted by molar-refractivity contribution is 7.86. The molecule has 2 rings (SSSR count). The van der Waals surface area contributed by atoms with Crippen molar-refractivity contribution in [3.05, 3.63) is 52.0 Å². The summed E-state index contributed by atoms with van der Waals surface area (Å²) in [6, 6.07) is 6.17. The molecule has 11 heteroatoms. The van der Waals surface area contributed by atoms with Gasteiger partial charge >= 0.3 is 5.82 Å². The first-order valence-electron chi connectivity index (χ1n) is 7.60. The van der Waals surface area contributed by atoms with Crippen molar-refractivity contribution in [2.75, 3.05) is 13.2 Å². The van der Waals surface area contributed by atoms with E-state index in [1.807, 2.05) is 6.92 Å². The number of carbonyl (C=O) groups is 1. The van der Waals surface area contributed by atoms with E-state index in [4.69, 9.17) is 4.18 Å². The summed E-state index contributed by atoms with van der Waals surface area (Å²) in [6.45, 7) is 2.75. The van der Waals surface area contributed by atoms with E-state index < -0.39 is 20.9 Å². The maximum Gasteiger partial charge on any atom is 0.343 e. The molecule has 0 saturated heterocycles. The van der Waals surface area contributed by atoms with Crippen LogP contribution >= 0.6 is 0 Å². The van der Waals surface area contributed by atoms with Crippen LogP contribution in [-0.4, -0.2) is 42.0 Å². The third-order valence-electron chi connectivity index (χ3n) is 3.50. The van der Waals surface area contributed by atoms with Gasteiger partial charge in [0.15, 0.2) is 12.4 Å². The van der Waals surface area contributed by atoms with Gasteiger partial charge in [-0.15, -0.1) is 0 Å². The van der Waals surface area contributed by atoms with Crippen molar-refractivity contribution in [3.63, 3.8) is 0 Å². The summed E-state index contributed by atoms with van der Waals surface area (Å²) < 4.78 is 30.0. The topological polar surface area (TPSA) is 133 Å². The van der Waals surface area contributed by atoms with Crippen molar-refractivity contribution in [1.82, 2.24) is 14.9 Å². The normalized spacial score (nSPS) is 11.3. The van der Waals surface area contributed by atoms with Gasteiger partial charge in [0.1, 0.15) is 6.20 Å². The number of rotatable bonds is 8. The Bertz CT molecular complexity index is 905. The molecule has 0 bridgehead atoms. The van der Waals surface area contributed by atoms with Crippen molar-refractivity contribution >= 4 is 21.8 Å². The maximum atomic E-state index is 12.0. The zero-order chi connectivity index (χ0) is 19.3. The molecular formula is C15H18N4O6S. The predicted octanol–water partition coefficient (Wildman–Crippen LogP) is 0.930. The van der Waals surface area contributed by atoms with Crippen LogP contribution < -0.4 is 5.32 Å². The van der Waals surface area contributed by atoms with E-state index in [1.165, 1.54) is 19.1 Å². The average Bonchev–Trinajstić information content (AvgIpc) is 2.93. The highest BCUT2D eigenvalue weighted by Crippen LogP contribution is 2.14. The maximum absolute atomic E-state index is 12.0. The second-order valence-electron chi connectivity index (χ2n) is 5.45. The molecule has 0 aliphatic carbocycles. The third kappa shape index (κ3) is 4.86. The van der Waals surface area contributed by atoms with Crippen LogP contribution in [0.15, 0.2) is 35.4 Å². The van der Waals surface area contributed by atoms with Gasteiger partial charge in [-0.25, -0.2) is 9.55 Å². The van der Waals surface area contributed by atoms with Crippen LogP contribution in [0.5, 0.6) is 0 Å². The molecule has 0 unspecified atom stereocenters. The Morgan fingerprint density at radius 3 is 2.58 bits per heavy atom. The molecule has 10 nitrogen and oxygen atoms in total. The van der Waals surface area contributed by atoms with E-state index >= 15 is 0 Å². The van der Waals surface area contributed by atoms with Gasteiger partial charge in [-0.3, -0.25) is 8.98 Å². The number of carbonyl (C=O) groups excluding carboxylic acids is 1. The minimum atomic E-state index is -3.91. The number of benzene rings is 1. The zero-order valence-electron chi connectivity index (χ0n) is 14.2. The molecule has 0 aliphatic heterocycles. The lowest BCUT2D eigenvalue weighted by Gasteiger charge is -2.07. The van der Waals surface area contributed by atoms with Gasteiger partial charge in [0.05, 0.1) is 11.5 Å². The molecule has 2 aromatic rings. The Kier molecular flexibility index (Phi) is 6.05. The van der Waals surface area contributed by atoms with Crippen molar-refractivity contribution in [2.45, 2.75) is 25.3 Å². The molecule has 0 radical (unpaired) electrons. The van der Waals surface area contributed by atoms with Crippen LogP contribution in [0.2, 0.25) is 0 Å². The minimum absolute atomic E-state index is 0.0269. The van der Waals surface area contributed by atoms with E-state index in [2.05, 4.69) is 10.3 Å². The Hall–Kier alpha value is -2.79. The Labute approximate surface area is 150 Å². The number of nitro groups is 1. The van der Waals surface area contributed by atoms with E-state index in [9.17, 15) is 23.3 Å². The Balaban J connectivity index is 1.84. The SMILES string of the molecule is Cc1ccc(S(=O)(=O)OCCNC(=O)Cn2c([N+](=O)[O-])cnc2C)cc1. The standard InChI is InChI=1S/C15H18N4O6S/c1-11-3-5-13(6-4-11)26(23,24)25-8-7-16-14(20)10-18-12(2)17-9-15(18)19(21)22/h3-6,9H,7-8,10H2,1-2H3,(H,16,20). The van der Waals surface area contributed by atoms with Crippen LogP contribution in [0, 0.1) is 24.0 Å². The van der Waals surface area contributed by atoms with Crippen LogP contribution in [0.3, 0.4) is 0 Å². The number of nitrogens with zero attached hydrogens (tertiary/aromatic N) is 3. The number of nitrogens with one attached hydrogen (secondary N) is 1.